The van der Waals surface area contributed by atoms with E-state index in [1.54, 1.807) is 19.1 Å². The number of ether oxygens (including phenoxy) is 2. The summed E-state index contributed by atoms with van der Waals surface area (Å²) in [5.74, 6) is -3.11. The zero-order valence-corrected chi connectivity index (χ0v) is 29.0. The molecule has 18 heteroatoms. The molecule has 12 nitrogen and oxygen atoms in total. The van der Waals surface area contributed by atoms with Gasteiger partial charge in [0.2, 0.25) is 5.91 Å². The summed E-state index contributed by atoms with van der Waals surface area (Å²) in [6, 6.07) is 9.04. The average molecular weight is 746 g/mol. The first-order valence-corrected chi connectivity index (χ1v) is 18.2. The fraction of sp³-hybridized carbons (Fsp3) is 0.355. The van der Waals surface area contributed by atoms with E-state index in [0.717, 1.165) is 6.07 Å². The molecule has 5 rings (SSSR count). The van der Waals surface area contributed by atoms with Crippen LogP contribution in [0.5, 0.6) is 11.5 Å². The second-order valence-electron chi connectivity index (χ2n) is 11.9. The van der Waals surface area contributed by atoms with Crippen LogP contribution in [0.2, 0.25) is 5.02 Å². The molecule has 1 N–H and O–H groups in total. The third-order valence-electron chi connectivity index (χ3n) is 8.33. The maximum absolute atomic E-state index is 15.3. The van der Waals surface area contributed by atoms with Gasteiger partial charge in [0.1, 0.15) is 10.6 Å². The smallest absolute Gasteiger partial charge is 0.496 e. The van der Waals surface area contributed by atoms with Crippen LogP contribution < -0.4 is 13.8 Å². The van der Waals surface area contributed by atoms with E-state index < -0.39 is 71.3 Å². The molecule has 3 aromatic carbocycles. The molecular formula is C31H31ClF3N3O9S2. The summed E-state index contributed by atoms with van der Waals surface area (Å²) in [4.78, 5) is 29.7. The molecule has 1 saturated heterocycles. The van der Waals surface area contributed by atoms with Crippen molar-refractivity contribution < 1.29 is 54.2 Å². The van der Waals surface area contributed by atoms with Gasteiger partial charge < -0.3 is 19.5 Å². The van der Waals surface area contributed by atoms with Gasteiger partial charge in [0.15, 0.2) is 21.1 Å². The third kappa shape index (κ3) is 6.22. The number of likely N-dealkylation sites (tertiary alicyclic amines) is 1. The highest BCUT2D eigenvalue weighted by Crippen LogP contribution is 2.55. The van der Waals surface area contributed by atoms with E-state index in [1.165, 1.54) is 55.3 Å². The third-order valence-corrected chi connectivity index (χ3v) is 11.4. The predicted molar refractivity (Wildman–Crippen MR) is 171 cm³/mol. The number of hydrogen-bond donors (Lipinski definition) is 1. The summed E-state index contributed by atoms with van der Waals surface area (Å²) in [7, 11) is -5.30. The number of aliphatic hydroxyl groups excluding tert-OH is 1. The zero-order chi connectivity index (χ0) is 36.4. The van der Waals surface area contributed by atoms with E-state index in [9.17, 15) is 39.9 Å². The van der Waals surface area contributed by atoms with Crippen LogP contribution in [-0.4, -0.2) is 96.1 Å². The number of alkyl halides is 3. The standard InChI is InChI=1S/C31H31ClF3N3O9S2/c1-17-6-10-25(46-4)22(12-17)30(37-16-19(39)14-24(37)28(40)36(2)3)21-13-18(32)7-9-23(21)38(29(30)41)49(44,45)27-11-8-20(48(5,42)43)15-26(27)47-31(33,34)35/h6-13,15,19,24,39H,14,16H2,1-5H3/t19-,24+,30?/m1/s1. The fourth-order valence-electron chi connectivity index (χ4n) is 6.33. The van der Waals surface area contributed by atoms with E-state index in [4.69, 9.17) is 16.3 Å². The van der Waals surface area contributed by atoms with Crippen molar-refractivity contribution in [1.82, 2.24) is 9.80 Å². The van der Waals surface area contributed by atoms with Gasteiger partial charge in [0.05, 0.1) is 29.8 Å². The second kappa shape index (κ2) is 12.5. The molecule has 0 radical (unpaired) electrons. The lowest BCUT2D eigenvalue weighted by Gasteiger charge is -2.42. The van der Waals surface area contributed by atoms with Crippen molar-refractivity contribution in [2.75, 3.05) is 38.3 Å². The molecule has 0 spiro atoms. The quantitative estimate of drug-likeness (QED) is 0.363. The Bertz CT molecular complexity index is 2080. The van der Waals surface area contributed by atoms with Crippen molar-refractivity contribution in [3.63, 3.8) is 0 Å². The number of fused-ring (bicyclic) bond motifs is 1. The number of likely N-dealkylation sites (N-methyl/N-ethyl adjacent to an activating group) is 1. The summed E-state index contributed by atoms with van der Waals surface area (Å²) < 4.78 is 104. The number of carbonyl (C=O) groups excluding carboxylic acids is 2. The van der Waals surface area contributed by atoms with Gasteiger partial charge in [0, 0.05) is 49.1 Å². The predicted octanol–water partition coefficient (Wildman–Crippen LogP) is 3.46. The number of benzene rings is 3. The van der Waals surface area contributed by atoms with E-state index in [1.807, 2.05) is 0 Å². The minimum absolute atomic E-state index is 0.0376. The lowest BCUT2D eigenvalue weighted by Crippen LogP contribution is -2.59. The van der Waals surface area contributed by atoms with Crippen molar-refractivity contribution in [1.29, 1.82) is 0 Å². The van der Waals surface area contributed by atoms with Gasteiger partial charge in [-0.15, -0.1) is 13.2 Å². The molecule has 3 aromatic rings. The average Bonchev–Trinajstić information content (AvgIpc) is 3.49. The Balaban J connectivity index is 1.88. The number of carbonyl (C=O) groups is 2. The van der Waals surface area contributed by atoms with E-state index in [-0.39, 0.29) is 44.9 Å². The number of β-amino-alcohol motifs (C(OH)–C–C–N with tert-alkyl or cyclic N) is 1. The van der Waals surface area contributed by atoms with Gasteiger partial charge in [-0.05, 0) is 55.8 Å². The van der Waals surface area contributed by atoms with Gasteiger partial charge in [0.25, 0.3) is 15.9 Å². The zero-order valence-electron chi connectivity index (χ0n) is 26.6. The Kier molecular flexibility index (Phi) is 9.25. The van der Waals surface area contributed by atoms with Gasteiger partial charge in [-0.2, -0.15) is 0 Å². The highest BCUT2D eigenvalue weighted by atomic mass is 35.5. The molecule has 1 fully saturated rings. The summed E-state index contributed by atoms with van der Waals surface area (Å²) in [5.41, 5.74) is -2.03. The first-order valence-electron chi connectivity index (χ1n) is 14.4. The Morgan fingerprint density at radius 3 is 2.29 bits per heavy atom. The number of hydrogen-bond acceptors (Lipinski definition) is 10. The van der Waals surface area contributed by atoms with Crippen LogP contribution in [0.15, 0.2) is 64.4 Å². The number of sulfonamides is 1. The van der Waals surface area contributed by atoms with Gasteiger partial charge in [-0.3, -0.25) is 14.5 Å². The Hall–Kier alpha value is -3.90. The van der Waals surface area contributed by atoms with Crippen molar-refractivity contribution in [3.05, 3.63) is 76.3 Å². The van der Waals surface area contributed by atoms with Gasteiger partial charge >= 0.3 is 6.36 Å². The van der Waals surface area contributed by atoms with Crippen LogP contribution in [0.4, 0.5) is 18.9 Å². The molecule has 2 heterocycles. The normalized spacial score (nSPS) is 21.5. The van der Waals surface area contributed by atoms with E-state index in [0.29, 0.717) is 24.0 Å². The summed E-state index contributed by atoms with van der Waals surface area (Å²) in [6.45, 7) is 1.37. The molecule has 2 aliphatic heterocycles. The first-order chi connectivity index (χ1) is 22.6. The topological polar surface area (TPSA) is 151 Å². The second-order valence-corrected chi connectivity index (χ2v) is 16.1. The maximum atomic E-state index is 15.3. The molecule has 1 unspecified atom stereocenters. The highest BCUT2D eigenvalue weighted by Gasteiger charge is 2.64. The van der Waals surface area contributed by atoms with Crippen molar-refractivity contribution >= 4 is 49.0 Å². The SMILES string of the molecule is COc1ccc(C)cc1C1(N2C[C@H](O)C[C@H]2C(=O)N(C)C)C(=O)N(S(=O)(=O)c2ccc(S(C)(=O)=O)cc2OC(F)(F)F)c2ccc(Cl)cc21. The van der Waals surface area contributed by atoms with Crippen LogP contribution in [0, 0.1) is 6.92 Å². The van der Waals surface area contributed by atoms with E-state index >= 15 is 4.79 Å². The molecule has 0 bridgehead atoms. The fourth-order valence-corrected chi connectivity index (χ4v) is 8.70. The highest BCUT2D eigenvalue weighted by molar-refractivity contribution is 7.93. The Morgan fingerprint density at radius 2 is 1.69 bits per heavy atom. The van der Waals surface area contributed by atoms with Crippen LogP contribution in [-0.2, 0) is 35.0 Å². The molecular weight excluding hydrogens is 715 g/mol. The van der Waals surface area contributed by atoms with Crippen molar-refractivity contribution in [2.45, 2.75) is 47.2 Å². The largest absolute Gasteiger partial charge is 0.573 e. The number of halogens is 4. The molecule has 2 amide bonds. The maximum Gasteiger partial charge on any atom is 0.573 e. The van der Waals surface area contributed by atoms with Crippen LogP contribution in [0.25, 0.3) is 0 Å². The summed E-state index contributed by atoms with van der Waals surface area (Å²) in [6.07, 6.45) is -6.08. The first kappa shape index (κ1) is 36.4. The van der Waals surface area contributed by atoms with Crippen LogP contribution >= 0.6 is 11.6 Å². The molecule has 264 valence electrons. The lowest BCUT2D eigenvalue weighted by atomic mass is 9.80. The summed E-state index contributed by atoms with van der Waals surface area (Å²) >= 11 is 6.46. The number of anilines is 1. The molecule has 0 aromatic heterocycles. The molecule has 0 saturated carbocycles. The van der Waals surface area contributed by atoms with Gasteiger partial charge in [-0.25, -0.2) is 21.1 Å². The minimum Gasteiger partial charge on any atom is -0.496 e. The lowest BCUT2D eigenvalue weighted by molar-refractivity contribution is -0.275. The number of rotatable bonds is 8. The monoisotopic (exact) mass is 745 g/mol. The molecule has 2 aliphatic rings. The van der Waals surface area contributed by atoms with E-state index in [2.05, 4.69) is 4.74 Å². The summed E-state index contributed by atoms with van der Waals surface area (Å²) in [5, 5.41) is 11.0. The number of methoxy groups -OCH3 is 1. The van der Waals surface area contributed by atoms with Crippen LogP contribution in [0.1, 0.15) is 23.1 Å². The minimum atomic E-state index is -5.47. The molecule has 0 aliphatic carbocycles. The number of sulfone groups is 1. The van der Waals surface area contributed by atoms with Crippen LogP contribution in [0.3, 0.4) is 0 Å². The Morgan fingerprint density at radius 1 is 1.02 bits per heavy atom. The van der Waals surface area contributed by atoms with Crippen molar-refractivity contribution in [3.8, 4) is 11.5 Å². The number of nitrogens with zero attached hydrogens (tertiary/aromatic N) is 3. The Labute approximate surface area is 285 Å². The number of aliphatic hydroxyl groups is 1. The van der Waals surface area contributed by atoms with Gasteiger partial charge in [-0.1, -0.05) is 23.2 Å². The molecule has 3 atom stereocenters. The van der Waals surface area contributed by atoms with Crippen molar-refractivity contribution in [2.24, 2.45) is 0 Å². The number of aryl methyl sites for hydroxylation is 1. The number of amides is 2. The molecule has 49 heavy (non-hydrogen) atoms.